The molecule has 0 amide bonds. The minimum Gasteiger partial charge on any atom is -0.374 e. The van der Waals surface area contributed by atoms with Gasteiger partial charge >= 0.3 is 0 Å². The van der Waals surface area contributed by atoms with Crippen molar-refractivity contribution in [3.63, 3.8) is 0 Å². The van der Waals surface area contributed by atoms with Crippen LogP contribution in [0.15, 0.2) is 12.1 Å². The van der Waals surface area contributed by atoms with Crippen LogP contribution in [0.2, 0.25) is 0 Å². The zero-order valence-electron chi connectivity index (χ0n) is 13.1. The number of aryl methyl sites for hydroxylation is 1. The Morgan fingerprint density at radius 1 is 1.29 bits per heavy atom. The van der Waals surface area contributed by atoms with Gasteiger partial charge in [-0.05, 0) is 33.4 Å². The van der Waals surface area contributed by atoms with Crippen molar-refractivity contribution < 1.29 is 13.5 Å². The first-order valence-corrected chi connectivity index (χ1v) is 7.43. The molecule has 1 aliphatic heterocycles. The molecule has 0 spiro atoms. The van der Waals surface area contributed by atoms with Crippen LogP contribution in [0.1, 0.15) is 31.0 Å². The van der Waals surface area contributed by atoms with E-state index in [4.69, 9.17) is 4.74 Å². The Labute approximate surface area is 125 Å². The molecule has 1 aromatic carbocycles. The summed E-state index contributed by atoms with van der Waals surface area (Å²) in [7, 11) is 1.75. The van der Waals surface area contributed by atoms with Crippen LogP contribution in [0.3, 0.4) is 0 Å². The molecule has 2 rings (SSSR count). The second kappa shape index (κ2) is 6.81. The minimum absolute atomic E-state index is 0.192. The Hall–Kier alpha value is -1.04. The zero-order chi connectivity index (χ0) is 15.6. The largest absolute Gasteiger partial charge is 0.374 e. The molecule has 1 aliphatic rings. The van der Waals surface area contributed by atoms with Crippen molar-refractivity contribution in [3.8, 4) is 0 Å². The van der Waals surface area contributed by atoms with Gasteiger partial charge in [0.2, 0.25) is 0 Å². The van der Waals surface area contributed by atoms with Gasteiger partial charge in [-0.2, -0.15) is 0 Å². The summed E-state index contributed by atoms with van der Waals surface area (Å²) in [6.45, 7) is 8.00. The first kappa shape index (κ1) is 16.3. The Balaban J connectivity index is 2.25. The van der Waals surface area contributed by atoms with Crippen LogP contribution < -0.4 is 5.32 Å². The van der Waals surface area contributed by atoms with Crippen molar-refractivity contribution in [3.05, 3.63) is 34.9 Å². The number of ether oxygens (including phenoxy) is 1. The number of morpholine rings is 1. The fourth-order valence-electron chi connectivity index (χ4n) is 2.81. The van der Waals surface area contributed by atoms with Gasteiger partial charge in [-0.3, -0.25) is 4.90 Å². The maximum Gasteiger partial charge on any atom is 0.163 e. The Morgan fingerprint density at radius 3 is 2.62 bits per heavy atom. The lowest BCUT2D eigenvalue weighted by atomic mass is 9.97. The number of rotatable bonds is 4. The zero-order valence-corrected chi connectivity index (χ0v) is 13.1. The van der Waals surface area contributed by atoms with E-state index in [9.17, 15) is 8.78 Å². The summed E-state index contributed by atoms with van der Waals surface area (Å²) in [6, 6.07) is 3.31. The standard InChI is InChI=1S/C16H24F2N2O/c1-10(2)20-7-8-21-13(9-20)16(19-4)12-6-5-11(3)14(17)15(12)18/h5-6,10,13,16,19H,7-9H2,1-4H3. The van der Waals surface area contributed by atoms with Crippen molar-refractivity contribution >= 4 is 0 Å². The van der Waals surface area contributed by atoms with E-state index in [0.717, 1.165) is 6.54 Å². The van der Waals surface area contributed by atoms with Crippen LogP contribution in [-0.4, -0.2) is 43.8 Å². The highest BCUT2D eigenvalue weighted by atomic mass is 19.2. The Morgan fingerprint density at radius 2 is 2.00 bits per heavy atom. The average Bonchev–Trinajstić information content (AvgIpc) is 2.48. The molecule has 0 saturated carbocycles. The van der Waals surface area contributed by atoms with E-state index in [1.807, 2.05) is 0 Å². The van der Waals surface area contributed by atoms with Crippen LogP contribution in [0, 0.1) is 18.6 Å². The van der Waals surface area contributed by atoms with E-state index >= 15 is 0 Å². The van der Waals surface area contributed by atoms with Crippen LogP contribution in [0.4, 0.5) is 8.78 Å². The van der Waals surface area contributed by atoms with Gasteiger partial charge in [-0.15, -0.1) is 0 Å². The van der Waals surface area contributed by atoms with Gasteiger partial charge in [0.25, 0.3) is 0 Å². The van der Waals surface area contributed by atoms with Gasteiger partial charge in [-0.25, -0.2) is 8.78 Å². The van der Waals surface area contributed by atoms with Crippen LogP contribution in [0.25, 0.3) is 0 Å². The van der Waals surface area contributed by atoms with Gasteiger partial charge in [0.05, 0.1) is 18.8 Å². The first-order valence-electron chi connectivity index (χ1n) is 7.43. The highest BCUT2D eigenvalue weighted by Crippen LogP contribution is 2.27. The third-order valence-corrected chi connectivity index (χ3v) is 4.18. The second-order valence-corrected chi connectivity index (χ2v) is 5.86. The fraction of sp³-hybridized carbons (Fsp3) is 0.625. The number of hydrogen-bond donors (Lipinski definition) is 1. The van der Waals surface area contributed by atoms with Crippen molar-refractivity contribution in [1.29, 1.82) is 0 Å². The molecule has 21 heavy (non-hydrogen) atoms. The van der Waals surface area contributed by atoms with Crippen molar-refractivity contribution in [2.45, 2.75) is 39.0 Å². The lowest BCUT2D eigenvalue weighted by molar-refractivity contribution is -0.0555. The van der Waals surface area contributed by atoms with Crippen LogP contribution in [-0.2, 0) is 4.74 Å². The van der Waals surface area contributed by atoms with E-state index in [-0.39, 0.29) is 12.1 Å². The third kappa shape index (κ3) is 3.42. The number of halogens is 2. The molecule has 2 unspecified atom stereocenters. The molecular formula is C16H24F2N2O. The summed E-state index contributed by atoms with van der Waals surface area (Å²) in [4.78, 5) is 2.29. The van der Waals surface area contributed by atoms with Gasteiger partial charge < -0.3 is 10.1 Å². The predicted octanol–water partition coefficient (Wildman–Crippen LogP) is 2.64. The summed E-state index contributed by atoms with van der Waals surface area (Å²) < 4.78 is 33.8. The highest BCUT2D eigenvalue weighted by Gasteiger charge is 2.31. The van der Waals surface area contributed by atoms with Gasteiger partial charge in [0, 0.05) is 24.7 Å². The molecule has 1 aromatic rings. The first-order chi connectivity index (χ1) is 9.95. The molecule has 0 aromatic heterocycles. The van der Waals surface area contributed by atoms with Crippen LogP contribution in [0.5, 0.6) is 0 Å². The lowest BCUT2D eigenvalue weighted by Crippen LogP contribution is -2.50. The average molecular weight is 298 g/mol. The third-order valence-electron chi connectivity index (χ3n) is 4.18. The summed E-state index contributed by atoms with van der Waals surface area (Å²) in [6.07, 6.45) is -0.192. The SMILES string of the molecule is CNC(c1ccc(C)c(F)c1F)C1CN(C(C)C)CCO1. The molecular weight excluding hydrogens is 274 g/mol. The van der Waals surface area contributed by atoms with Crippen molar-refractivity contribution in [1.82, 2.24) is 10.2 Å². The molecule has 0 bridgehead atoms. The molecule has 0 radical (unpaired) electrons. The highest BCUT2D eigenvalue weighted by molar-refractivity contribution is 5.28. The number of benzene rings is 1. The van der Waals surface area contributed by atoms with Crippen molar-refractivity contribution in [2.75, 3.05) is 26.7 Å². The van der Waals surface area contributed by atoms with E-state index in [2.05, 4.69) is 24.1 Å². The van der Waals surface area contributed by atoms with Gasteiger partial charge in [0.15, 0.2) is 11.6 Å². The lowest BCUT2D eigenvalue weighted by Gasteiger charge is -2.39. The molecule has 2 atom stereocenters. The normalized spacial score (nSPS) is 21.8. The molecule has 5 heteroatoms. The van der Waals surface area contributed by atoms with E-state index in [1.165, 1.54) is 0 Å². The molecule has 1 N–H and O–H groups in total. The molecule has 1 saturated heterocycles. The smallest absolute Gasteiger partial charge is 0.163 e. The van der Waals surface area contributed by atoms with E-state index in [1.54, 1.807) is 26.1 Å². The molecule has 0 aliphatic carbocycles. The quantitative estimate of drug-likeness (QED) is 0.925. The number of hydrogen-bond acceptors (Lipinski definition) is 3. The second-order valence-electron chi connectivity index (χ2n) is 5.86. The van der Waals surface area contributed by atoms with Gasteiger partial charge in [-0.1, -0.05) is 12.1 Å². The van der Waals surface area contributed by atoms with Gasteiger partial charge in [0.1, 0.15) is 0 Å². The van der Waals surface area contributed by atoms with E-state index < -0.39 is 11.6 Å². The monoisotopic (exact) mass is 298 g/mol. The van der Waals surface area contributed by atoms with Crippen molar-refractivity contribution in [2.24, 2.45) is 0 Å². The maximum absolute atomic E-state index is 14.2. The number of nitrogens with one attached hydrogen (secondary N) is 1. The van der Waals surface area contributed by atoms with E-state index in [0.29, 0.717) is 30.3 Å². The topological polar surface area (TPSA) is 24.5 Å². The summed E-state index contributed by atoms with van der Waals surface area (Å²) in [5.41, 5.74) is 0.649. The number of nitrogens with zero attached hydrogens (tertiary/aromatic N) is 1. The molecule has 1 heterocycles. The minimum atomic E-state index is -0.778. The maximum atomic E-state index is 14.2. The summed E-state index contributed by atoms with van der Waals surface area (Å²) >= 11 is 0. The molecule has 1 fully saturated rings. The summed E-state index contributed by atoms with van der Waals surface area (Å²) in [5, 5.41) is 3.08. The predicted molar refractivity (Wildman–Crippen MR) is 79.3 cm³/mol. The Kier molecular flexibility index (Phi) is 5.30. The number of likely N-dealkylation sites (N-methyl/N-ethyl adjacent to an activating group) is 1. The molecule has 3 nitrogen and oxygen atoms in total. The molecule has 118 valence electrons. The van der Waals surface area contributed by atoms with Crippen LogP contribution >= 0.6 is 0 Å². The Bertz CT molecular complexity index is 493. The summed E-state index contributed by atoms with van der Waals surface area (Å²) in [5.74, 6) is -1.55. The fourth-order valence-corrected chi connectivity index (χ4v) is 2.81.